The van der Waals surface area contributed by atoms with E-state index < -0.39 is 0 Å². The Bertz CT molecular complexity index is 618. The van der Waals surface area contributed by atoms with Crippen molar-refractivity contribution >= 4 is 11.5 Å². The molecular formula is C19H26N4. The second kappa shape index (κ2) is 7.09. The minimum Gasteiger partial charge on any atom is -0.354 e. The van der Waals surface area contributed by atoms with Crippen LogP contribution < -0.4 is 5.32 Å². The van der Waals surface area contributed by atoms with Gasteiger partial charge in [0.1, 0.15) is 5.84 Å². The van der Waals surface area contributed by atoms with Crippen molar-refractivity contribution in [3.8, 4) is 0 Å². The highest BCUT2D eigenvalue weighted by Crippen LogP contribution is 2.29. The molecule has 23 heavy (non-hydrogen) atoms. The maximum atomic E-state index is 8.62. The zero-order valence-electron chi connectivity index (χ0n) is 13.9. The smallest absolute Gasteiger partial charge is 0.124 e. The predicted molar refractivity (Wildman–Crippen MR) is 95.5 cm³/mol. The van der Waals surface area contributed by atoms with Gasteiger partial charge in [0.25, 0.3) is 0 Å². The molecule has 1 atom stereocenters. The average Bonchev–Trinajstić information content (AvgIpc) is 3.05. The summed E-state index contributed by atoms with van der Waals surface area (Å²) < 4.78 is 0. The normalized spacial score (nSPS) is 21.6. The Kier molecular flexibility index (Phi) is 4.91. The van der Waals surface area contributed by atoms with Gasteiger partial charge < -0.3 is 15.6 Å². The lowest BCUT2D eigenvalue weighted by Crippen LogP contribution is -2.51. The van der Waals surface area contributed by atoms with Crippen molar-refractivity contribution in [3.63, 3.8) is 0 Å². The van der Waals surface area contributed by atoms with E-state index in [1.165, 1.54) is 5.56 Å². The van der Waals surface area contributed by atoms with Crippen LogP contribution in [0, 0.1) is 10.8 Å². The molecule has 3 N–H and O–H groups in total. The Labute approximate surface area is 138 Å². The van der Waals surface area contributed by atoms with E-state index in [2.05, 4.69) is 29.3 Å². The van der Waals surface area contributed by atoms with Crippen LogP contribution in [-0.4, -0.2) is 42.1 Å². The van der Waals surface area contributed by atoms with E-state index in [9.17, 15) is 0 Å². The number of allylic oxidation sites excluding steroid dienone is 1. The van der Waals surface area contributed by atoms with Gasteiger partial charge in [-0.25, -0.2) is 0 Å². The first-order valence-corrected chi connectivity index (χ1v) is 8.56. The summed E-state index contributed by atoms with van der Waals surface area (Å²) >= 11 is 0. The fourth-order valence-corrected chi connectivity index (χ4v) is 3.57. The topological polar surface area (TPSA) is 63.0 Å². The molecule has 1 saturated heterocycles. The third-order valence-corrected chi connectivity index (χ3v) is 4.78. The fraction of sp³-hybridized carbons (Fsp3) is 0.474. The van der Waals surface area contributed by atoms with Gasteiger partial charge in [-0.2, -0.15) is 0 Å². The van der Waals surface area contributed by atoms with Crippen molar-refractivity contribution in [1.29, 1.82) is 10.8 Å². The van der Waals surface area contributed by atoms with Gasteiger partial charge in [0.05, 0.1) is 0 Å². The Morgan fingerprint density at radius 2 is 1.91 bits per heavy atom. The first-order valence-electron chi connectivity index (χ1n) is 8.56. The zero-order chi connectivity index (χ0) is 16.2. The summed E-state index contributed by atoms with van der Waals surface area (Å²) in [5.41, 5.74) is 4.10. The highest BCUT2D eigenvalue weighted by atomic mass is 15.2. The highest BCUT2D eigenvalue weighted by Gasteiger charge is 2.26. The number of amidine groups is 1. The number of piperazine rings is 1. The van der Waals surface area contributed by atoms with E-state index in [1.54, 1.807) is 0 Å². The van der Waals surface area contributed by atoms with Gasteiger partial charge in [-0.1, -0.05) is 30.3 Å². The average molecular weight is 310 g/mol. The van der Waals surface area contributed by atoms with E-state index in [0.717, 1.165) is 50.0 Å². The fourth-order valence-electron chi connectivity index (χ4n) is 3.57. The molecule has 0 amide bonds. The molecule has 4 nitrogen and oxygen atoms in total. The Morgan fingerprint density at radius 1 is 1.17 bits per heavy atom. The van der Waals surface area contributed by atoms with Crippen molar-refractivity contribution in [2.75, 3.05) is 19.6 Å². The SMILES string of the molecule is CC1CN(C(=N)C2=C(C(=N)Cc3ccccc3)CCC2)CCN1. The van der Waals surface area contributed by atoms with Crippen molar-refractivity contribution in [2.24, 2.45) is 0 Å². The molecule has 1 aliphatic carbocycles. The van der Waals surface area contributed by atoms with E-state index in [-0.39, 0.29) is 0 Å². The van der Waals surface area contributed by atoms with Crippen LogP contribution in [-0.2, 0) is 6.42 Å². The van der Waals surface area contributed by atoms with Gasteiger partial charge in [-0.05, 0) is 42.9 Å². The number of hydrogen-bond donors (Lipinski definition) is 3. The number of benzene rings is 1. The monoisotopic (exact) mass is 310 g/mol. The third kappa shape index (κ3) is 3.70. The molecule has 1 aromatic carbocycles. The Hall–Kier alpha value is -1.94. The van der Waals surface area contributed by atoms with Gasteiger partial charge in [0, 0.05) is 37.8 Å². The Balaban J connectivity index is 1.75. The van der Waals surface area contributed by atoms with Gasteiger partial charge in [0.2, 0.25) is 0 Å². The van der Waals surface area contributed by atoms with Crippen molar-refractivity contribution < 1.29 is 0 Å². The van der Waals surface area contributed by atoms with Crippen molar-refractivity contribution in [2.45, 2.75) is 38.6 Å². The van der Waals surface area contributed by atoms with Crippen molar-refractivity contribution in [3.05, 3.63) is 47.0 Å². The molecular weight excluding hydrogens is 284 g/mol. The lowest BCUT2D eigenvalue weighted by atomic mass is 9.98. The first-order chi connectivity index (χ1) is 11.1. The second-order valence-corrected chi connectivity index (χ2v) is 6.60. The Morgan fingerprint density at radius 3 is 2.65 bits per heavy atom. The quantitative estimate of drug-likeness (QED) is 0.591. The largest absolute Gasteiger partial charge is 0.354 e. The third-order valence-electron chi connectivity index (χ3n) is 4.78. The predicted octanol–water partition coefficient (Wildman–Crippen LogP) is 3.00. The van der Waals surface area contributed by atoms with Gasteiger partial charge in [-0.3, -0.25) is 5.41 Å². The van der Waals surface area contributed by atoms with Crippen LogP contribution in [0.3, 0.4) is 0 Å². The number of hydrogen-bond acceptors (Lipinski definition) is 3. The van der Waals surface area contributed by atoms with Crippen LogP contribution in [0.15, 0.2) is 41.5 Å². The molecule has 0 radical (unpaired) electrons. The summed E-state index contributed by atoms with van der Waals surface area (Å²) in [4.78, 5) is 2.18. The summed E-state index contributed by atoms with van der Waals surface area (Å²) in [5, 5.41) is 20.6. The van der Waals surface area contributed by atoms with Gasteiger partial charge in [-0.15, -0.1) is 0 Å². The summed E-state index contributed by atoms with van der Waals surface area (Å²) in [5.74, 6) is 0.656. The molecule has 0 bridgehead atoms. The minimum atomic E-state index is 0.429. The molecule has 1 aromatic rings. The summed E-state index contributed by atoms with van der Waals surface area (Å²) in [6.45, 7) is 4.89. The van der Waals surface area contributed by atoms with Gasteiger partial charge in [0.15, 0.2) is 0 Å². The number of rotatable bonds is 4. The zero-order valence-corrected chi connectivity index (χ0v) is 13.9. The second-order valence-electron chi connectivity index (χ2n) is 6.60. The maximum absolute atomic E-state index is 8.62. The summed E-state index contributed by atoms with van der Waals surface area (Å²) in [7, 11) is 0. The van der Waals surface area contributed by atoms with Crippen LogP contribution >= 0.6 is 0 Å². The van der Waals surface area contributed by atoms with Crippen LogP contribution in [0.2, 0.25) is 0 Å². The highest BCUT2D eigenvalue weighted by molar-refractivity contribution is 6.09. The molecule has 1 aliphatic heterocycles. The molecule has 0 aromatic heterocycles. The van der Waals surface area contributed by atoms with Crippen LogP contribution in [0.4, 0.5) is 0 Å². The van der Waals surface area contributed by atoms with E-state index in [0.29, 0.717) is 24.0 Å². The molecule has 0 spiro atoms. The maximum Gasteiger partial charge on any atom is 0.124 e. The van der Waals surface area contributed by atoms with Crippen LogP contribution in [0.25, 0.3) is 0 Å². The van der Waals surface area contributed by atoms with Gasteiger partial charge >= 0.3 is 0 Å². The van der Waals surface area contributed by atoms with E-state index in [4.69, 9.17) is 10.8 Å². The lowest BCUT2D eigenvalue weighted by molar-refractivity contribution is 0.302. The van der Waals surface area contributed by atoms with Crippen LogP contribution in [0.5, 0.6) is 0 Å². The van der Waals surface area contributed by atoms with Crippen molar-refractivity contribution in [1.82, 2.24) is 10.2 Å². The van der Waals surface area contributed by atoms with Crippen LogP contribution in [0.1, 0.15) is 31.7 Å². The molecule has 0 saturated carbocycles. The standard InChI is InChI=1S/C19H26N4/c1-14-13-23(11-10-22-14)19(21)17-9-5-8-16(17)18(20)12-15-6-3-2-4-7-15/h2-4,6-7,14,20-22H,5,8-13H2,1H3. The van der Waals surface area contributed by atoms with E-state index in [1.807, 2.05) is 18.2 Å². The summed E-state index contributed by atoms with van der Waals surface area (Å²) in [6.07, 6.45) is 3.64. The minimum absolute atomic E-state index is 0.429. The molecule has 2 aliphatic rings. The molecule has 1 fully saturated rings. The molecule has 122 valence electrons. The van der Waals surface area contributed by atoms with E-state index >= 15 is 0 Å². The lowest BCUT2D eigenvalue weighted by Gasteiger charge is -2.34. The molecule has 3 rings (SSSR count). The molecule has 1 heterocycles. The molecule has 4 heteroatoms. The number of nitrogens with zero attached hydrogens (tertiary/aromatic N) is 1. The summed E-state index contributed by atoms with van der Waals surface area (Å²) in [6, 6.07) is 10.6. The number of nitrogens with one attached hydrogen (secondary N) is 3. The molecule has 1 unspecified atom stereocenters. The first kappa shape index (κ1) is 15.9.